The van der Waals surface area contributed by atoms with Crippen molar-refractivity contribution < 1.29 is 10.3 Å². The van der Waals surface area contributed by atoms with E-state index in [9.17, 15) is 5.21 Å². The summed E-state index contributed by atoms with van der Waals surface area (Å²) in [4.78, 5) is 0. The van der Waals surface area contributed by atoms with E-state index < -0.39 is 5.17 Å². The van der Waals surface area contributed by atoms with E-state index in [1.807, 2.05) is 0 Å². The standard InChI is InChI=1S/C3H8N2O2/c4-5(7)2-1-3-6/h1,3,5-6H,2,4H2. The average molecular weight is 104 g/mol. The fourth-order valence-corrected chi connectivity index (χ4v) is 0.169. The van der Waals surface area contributed by atoms with Gasteiger partial charge in [0.05, 0.1) is 6.26 Å². The van der Waals surface area contributed by atoms with Crippen molar-refractivity contribution in [1.82, 2.24) is 0 Å². The van der Waals surface area contributed by atoms with Gasteiger partial charge in [-0.25, -0.2) is 0 Å². The second-order valence-corrected chi connectivity index (χ2v) is 1.06. The summed E-state index contributed by atoms with van der Waals surface area (Å²) in [6, 6.07) is 0. The van der Waals surface area contributed by atoms with Gasteiger partial charge in [0.2, 0.25) is 0 Å². The molecule has 0 aromatic heterocycles. The van der Waals surface area contributed by atoms with Gasteiger partial charge in [-0.3, -0.25) is 5.17 Å². The van der Waals surface area contributed by atoms with E-state index in [-0.39, 0.29) is 6.54 Å². The van der Waals surface area contributed by atoms with Gasteiger partial charge >= 0.3 is 0 Å². The predicted molar refractivity (Wildman–Crippen MR) is 25.2 cm³/mol. The molecule has 4 N–H and O–H groups in total. The van der Waals surface area contributed by atoms with Crippen LogP contribution in [0.4, 0.5) is 0 Å². The second kappa shape index (κ2) is 3.60. The van der Waals surface area contributed by atoms with E-state index in [2.05, 4.69) is 5.84 Å². The van der Waals surface area contributed by atoms with E-state index in [1.165, 1.54) is 6.08 Å². The molecule has 0 fully saturated rings. The molecule has 4 nitrogen and oxygen atoms in total. The molecule has 0 amide bonds. The van der Waals surface area contributed by atoms with Gasteiger partial charge in [-0.1, -0.05) is 0 Å². The number of nitrogens with one attached hydrogen (secondary N) is 1. The van der Waals surface area contributed by atoms with Crippen molar-refractivity contribution in [2.24, 2.45) is 5.84 Å². The molecule has 1 unspecified atom stereocenters. The fraction of sp³-hybridized carbons (Fsp3) is 0.333. The highest BCUT2D eigenvalue weighted by atomic mass is 16.5. The highest BCUT2D eigenvalue weighted by Crippen LogP contribution is 1.53. The van der Waals surface area contributed by atoms with Crippen LogP contribution in [0.5, 0.6) is 0 Å². The van der Waals surface area contributed by atoms with Crippen LogP contribution >= 0.6 is 0 Å². The number of hydrogen-bond donors (Lipinski definition) is 3. The molecule has 0 heterocycles. The van der Waals surface area contributed by atoms with Gasteiger partial charge < -0.3 is 10.3 Å². The highest BCUT2D eigenvalue weighted by Gasteiger charge is 1.76. The van der Waals surface area contributed by atoms with Gasteiger partial charge in [0.1, 0.15) is 6.54 Å². The smallest absolute Gasteiger partial charge is 0.116 e. The Morgan fingerprint density at radius 3 is 2.57 bits per heavy atom. The van der Waals surface area contributed by atoms with Crippen molar-refractivity contribution in [3.05, 3.63) is 17.5 Å². The lowest BCUT2D eigenvalue weighted by atomic mass is 10.6. The Labute approximate surface area is 41.4 Å². The fourth-order valence-electron chi connectivity index (χ4n) is 0.169. The Hall–Kier alpha value is -0.580. The zero-order chi connectivity index (χ0) is 5.70. The monoisotopic (exact) mass is 104 g/mol. The van der Waals surface area contributed by atoms with E-state index in [0.717, 1.165) is 6.26 Å². The molecule has 7 heavy (non-hydrogen) atoms. The van der Waals surface area contributed by atoms with Crippen molar-refractivity contribution in [3.63, 3.8) is 0 Å². The Morgan fingerprint density at radius 2 is 2.43 bits per heavy atom. The number of aliphatic hydroxyl groups is 1. The Balaban J connectivity index is 2.97. The molecule has 0 aromatic carbocycles. The third-order valence-electron chi connectivity index (χ3n) is 0.424. The average Bonchev–Trinajstić information content (AvgIpc) is 1.61. The number of rotatable bonds is 2. The molecule has 0 aromatic rings. The summed E-state index contributed by atoms with van der Waals surface area (Å²) in [6.07, 6.45) is 2.08. The van der Waals surface area contributed by atoms with Crippen LogP contribution in [0.2, 0.25) is 0 Å². The van der Waals surface area contributed by atoms with Crippen molar-refractivity contribution in [1.29, 1.82) is 0 Å². The molecule has 0 radical (unpaired) electrons. The summed E-state index contributed by atoms with van der Waals surface area (Å²) >= 11 is 0. The maximum atomic E-state index is 9.82. The minimum atomic E-state index is -0.440. The molecule has 0 saturated carbocycles. The number of hydrogen-bond acceptors (Lipinski definition) is 3. The van der Waals surface area contributed by atoms with E-state index >= 15 is 0 Å². The zero-order valence-electron chi connectivity index (χ0n) is 3.79. The number of nitrogens with two attached hydrogens (primary N) is 1. The Kier molecular flexibility index (Phi) is 3.31. The van der Waals surface area contributed by atoms with Crippen LogP contribution in [0, 0.1) is 5.21 Å². The van der Waals surface area contributed by atoms with E-state index in [4.69, 9.17) is 5.11 Å². The summed E-state index contributed by atoms with van der Waals surface area (Å²) in [7, 11) is 0. The Bertz CT molecular complexity index is 62.0. The van der Waals surface area contributed by atoms with Crippen molar-refractivity contribution >= 4 is 0 Å². The largest absolute Gasteiger partial charge is 0.613 e. The molecule has 4 heteroatoms. The van der Waals surface area contributed by atoms with Crippen LogP contribution in [0.25, 0.3) is 0 Å². The van der Waals surface area contributed by atoms with E-state index in [1.54, 1.807) is 0 Å². The van der Waals surface area contributed by atoms with Crippen LogP contribution in [0.3, 0.4) is 0 Å². The first-order chi connectivity index (χ1) is 3.27. The first-order valence-corrected chi connectivity index (χ1v) is 1.85. The molecule has 42 valence electrons. The van der Waals surface area contributed by atoms with Crippen LogP contribution in [-0.2, 0) is 0 Å². The molecule has 0 bridgehead atoms. The first kappa shape index (κ1) is 6.42. The topological polar surface area (TPSA) is 73.8 Å². The summed E-state index contributed by atoms with van der Waals surface area (Å²) in [5, 5.41) is 17.3. The molecule has 0 aliphatic rings. The lowest BCUT2D eigenvalue weighted by Gasteiger charge is -2.10. The van der Waals surface area contributed by atoms with Crippen molar-refractivity contribution in [3.8, 4) is 0 Å². The summed E-state index contributed by atoms with van der Waals surface area (Å²) in [5.41, 5.74) is 0. The van der Waals surface area contributed by atoms with Gasteiger partial charge in [0, 0.05) is 6.08 Å². The minimum absolute atomic E-state index is 0.108. The molecule has 0 saturated heterocycles. The maximum absolute atomic E-state index is 9.82. The van der Waals surface area contributed by atoms with Crippen molar-refractivity contribution in [2.45, 2.75) is 0 Å². The third kappa shape index (κ3) is 5.42. The number of hydroxylamine groups is 1. The highest BCUT2D eigenvalue weighted by molar-refractivity contribution is 4.68. The Morgan fingerprint density at radius 1 is 1.86 bits per heavy atom. The summed E-state index contributed by atoms with van der Waals surface area (Å²) in [5.74, 6) is 4.68. The van der Waals surface area contributed by atoms with Gasteiger partial charge in [-0.2, -0.15) is 5.84 Å². The number of quaternary nitrogens is 1. The summed E-state index contributed by atoms with van der Waals surface area (Å²) in [6.45, 7) is 0.108. The molecule has 1 atom stereocenters. The lowest BCUT2D eigenvalue weighted by Crippen LogP contribution is -3.13. The molecular weight excluding hydrogens is 96.0 g/mol. The van der Waals surface area contributed by atoms with Gasteiger partial charge in [0.25, 0.3) is 0 Å². The molecular formula is C3H8N2O2. The van der Waals surface area contributed by atoms with Crippen LogP contribution in [0.1, 0.15) is 0 Å². The third-order valence-corrected chi connectivity index (χ3v) is 0.424. The molecule has 0 rings (SSSR count). The quantitative estimate of drug-likeness (QED) is 0.222. The SMILES string of the molecule is N[NH+]([O-])CC=CO. The number of aliphatic hydroxyl groups excluding tert-OH is 1. The van der Waals surface area contributed by atoms with Gasteiger partial charge in [0.15, 0.2) is 0 Å². The molecule has 0 spiro atoms. The first-order valence-electron chi connectivity index (χ1n) is 1.85. The van der Waals surface area contributed by atoms with Crippen LogP contribution in [0.15, 0.2) is 12.3 Å². The normalized spacial score (nSPS) is 15.1. The van der Waals surface area contributed by atoms with Gasteiger partial charge in [-0.05, 0) is 0 Å². The van der Waals surface area contributed by atoms with Crippen LogP contribution in [-0.4, -0.2) is 11.7 Å². The lowest BCUT2D eigenvalue weighted by molar-refractivity contribution is -0.854. The molecule has 0 aliphatic carbocycles. The summed E-state index contributed by atoms with van der Waals surface area (Å²) < 4.78 is 0. The van der Waals surface area contributed by atoms with E-state index in [0.29, 0.717) is 0 Å². The minimum Gasteiger partial charge on any atom is -0.613 e. The molecule has 0 aliphatic heterocycles. The van der Waals surface area contributed by atoms with Crippen molar-refractivity contribution in [2.75, 3.05) is 6.54 Å². The zero-order valence-corrected chi connectivity index (χ0v) is 3.79. The van der Waals surface area contributed by atoms with Gasteiger partial charge in [-0.15, -0.1) is 0 Å². The second-order valence-electron chi connectivity index (χ2n) is 1.06. The predicted octanol–water partition coefficient (Wildman–Crippen LogP) is -1.69. The van der Waals surface area contributed by atoms with Crippen LogP contribution < -0.4 is 11.0 Å². The maximum Gasteiger partial charge on any atom is 0.116 e.